The quantitative estimate of drug-likeness (QED) is 0.455. The molecule has 0 radical (unpaired) electrons. The molecule has 0 aliphatic carbocycles. The van der Waals surface area contributed by atoms with Crippen LogP contribution in [0, 0.1) is 11.3 Å². The molecule has 0 spiro atoms. The third-order valence-corrected chi connectivity index (χ3v) is 6.88. The van der Waals surface area contributed by atoms with Gasteiger partial charge in [0.2, 0.25) is 0 Å². The fraction of sp³-hybridized carbons (Fsp3) is 0.174. The fourth-order valence-corrected chi connectivity index (χ4v) is 4.77. The van der Waals surface area contributed by atoms with Crippen LogP contribution in [0.3, 0.4) is 0 Å². The average molecular weight is 514 g/mol. The number of benzene rings is 3. The van der Waals surface area contributed by atoms with E-state index < -0.39 is 33.5 Å². The number of alkyl halides is 6. The van der Waals surface area contributed by atoms with Crippen molar-refractivity contribution in [1.82, 2.24) is 0 Å². The Hall–Kier alpha value is -3.56. The summed E-state index contributed by atoms with van der Waals surface area (Å²) >= 11 is 0. The van der Waals surface area contributed by atoms with Gasteiger partial charge >= 0.3 is 12.4 Å². The van der Waals surface area contributed by atoms with Crippen LogP contribution in [0.5, 0.6) is 0 Å². The van der Waals surface area contributed by atoms with E-state index in [1.54, 1.807) is 36.4 Å². The van der Waals surface area contributed by atoms with Gasteiger partial charge in [0, 0.05) is 5.56 Å². The molecule has 0 aliphatic heterocycles. The van der Waals surface area contributed by atoms with Crippen molar-refractivity contribution in [2.75, 3.05) is 4.31 Å². The molecule has 35 heavy (non-hydrogen) atoms. The molecule has 12 heteroatoms. The van der Waals surface area contributed by atoms with Crippen LogP contribution < -0.4 is 4.31 Å². The van der Waals surface area contributed by atoms with Crippen molar-refractivity contribution in [3.8, 4) is 6.07 Å². The van der Waals surface area contributed by atoms with Crippen molar-refractivity contribution in [2.24, 2.45) is 0 Å². The second-order valence-corrected chi connectivity index (χ2v) is 9.25. The summed E-state index contributed by atoms with van der Waals surface area (Å²) in [6.45, 7) is -0.317. The number of hydrogen-bond acceptors (Lipinski definition) is 4. The molecule has 0 saturated carbocycles. The van der Waals surface area contributed by atoms with E-state index in [0.29, 0.717) is 17.7 Å². The molecule has 3 rings (SSSR count). The maximum absolute atomic E-state index is 13.4. The Morgan fingerprint density at radius 3 is 1.91 bits per heavy atom. The number of nitriles is 1. The van der Waals surface area contributed by atoms with E-state index in [4.69, 9.17) is 5.26 Å². The number of sulfonamides is 1. The van der Waals surface area contributed by atoms with Crippen LogP contribution in [-0.4, -0.2) is 25.9 Å². The fourth-order valence-electron chi connectivity index (χ4n) is 3.27. The van der Waals surface area contributed by atoms with Crippen molar-refractivity contribution >= 4 is 15.7 Å². The Balaban J connectivity index is 2.14. The van der Waals surface area contributed by atoms with Gasteiger partial charge in [-0.15, -0.1) is 0 Å². The molecular weight excluding hydrogens is 498 g/mol. The van der Waals surface area contributed by atoms with Gasteiger partial charge in [-0.2, -0.15) is 31.6 Å². The molecule has 184 valence electrons. The van der Waals surface area contributed by atoms with Gasteiger partial charge in [0.1, 0.15) is 0 Å². The molecule has 0 bridgehead atoms. The zero-order valence-electron chi connectivity index (χ0n) is 17.5. The highest BCUT2D eigenvalue weighted by atomic mass is 32.2. The lowest BCUT2D eigenvalue weighted by atomic mass is 9.92. The summed E-state index contributed by atoms with van der Waals surface area (Å²) in [7, 11) is -4.41. The van der Waals surface area contributed by atoms with Gasteiger partial charge in [-0.25, -0.2) is 8.42 Å². The van der Waals surface area contributed by atoms with Crippen molar-refractivity contribution in [2.45, 2.75) is 29.4 Å². The van der Waals surface area contributed by atoms with Gasteiger partial charge in [0.05, 0.1) is 28.8 Å². The molecule has 0 amide bonds. The molecule has 1 N–H and O–H groups in total. The van der Waals surface area contributed by atoms with E-state index in [9.17, 15) is 39.9 Å². The molecule has 0 unspecified atom stereocenters. The van der Waals surface area contributed by atoms with Crippen LogP contribution in [-0.2, 0) is 22.2 Å². The number of hydrogen-bond donors (Lipinski definition) is 1. The van der Waals surface area contributed by atoms with E-state index in [1.165, 1.54) is 18.2 Å². The maximum atomic E-state index is 13.4. The number of halogens is 6. The molecule has 0 aliphatic rings. The number of aliphatic hydroxyl groups is 1. The number of anilines is 1. The first-order valence-corrected chi connectivity index (χ1v) is 11.2. The van der Waals surface area contributed by atoms with Crippen LogP contribution in [0.15, 0.2) is 83.8 Å². The van der Waals surface area contributed by atoms with Gasteiger partial charge in [-0.3, -0.25) is 4.31 Å². The summed E-state index contributed by atoms with van der Waals surface area (Å²) in [5, 5.41) is 18.7. The molecule has 3 aromatic carbocycles. The lowest BCUT2D eigenvalue weighted by Gasteiger charge is -2.33. The van der Waals surface area contributed by atoms with Crippen LogP contribution in [0.25, 0.3) is 0 Å². The van der Waals surface area contributed by atoms with Crippen LogP contribution in [0.4, 0.5) is 32.0 Å². The number of rotatable bonds is 6. The third-order valence-electron chi connectivity index (χ3n) is 5.11. The SMILES string of the molecule is N#Cc1cccc(S(=O)(=O)N(Cc2ccccc2)c2ccc(C(O)(C(F)(F)F)C(F)(F)F)cc2)c1. The lowest BCUT2D eigenvalue weighted by Crippen LogP contribution is -2.53. The second-order valence-electron chi connectivity index (χ2n) is 7.39. The largest absolute Gasteiger partial charge is 0.430 e. The van der Waals surface area contributed by atoms with Crippen molar-refractivity contribution in [3.05, 3.63) is 95.6 Å². The monoisotopic (exact) mass is 514 g/mol. The molecule has 0 heterocycles. The standard InChI is InChI=1S/C23H16F6N2O3S/c24-22(25,26)21(32,23(27,28)29)18-9-11-19(12-10-18)31(15-16-5-2-1-3-6-16)35(33,34)20-8-4-7-17(13-20)14-30/h1-13,32H,15H2. The first-order chi connectivity index (χ1) is 16.2. The molecule has 0 atom stereocenters. The minimum Gasteiger partial charge on any atom is -0.369 e. The second kappa shape index (κ2) is 9.24. The zero-order chi connectivity index (χ0) is 26.1. The smallest absolute Gasteiger partial charge is 0.369 e. The molecule has 0 saturated heterocycles. The van der Waals surface area contributed by atoms with Crippen LogP contribution in [0.2, 0.25) is 0 Å². The summed E-state index contributed by atoms with van der Waals surface area (Å²) in [5.41, 5.74) is -6.43. The van der Waals surface area contributed by atoms with Gasteiger partial charge in [-0.05, 0) is 35.9 Å². The predicted molar refractivity (Wildman–Crippen MR) is 113 cm³/mol. The average Bonchev–Trinajstić information content (AvgIpc) is 2.81. The predicted octanol–water partition coefficient (Wildman–Crippen LogP) is 5.27. The summed E-state index contributed by atoms with van der Waals surface area (Å²) in [6, 6.07) is 17.1. The topological polar surface area (TPSA) is 81.4 Å². The Kier molecular flexibility index (Phi) is 6.88. The van der Waals surface area contributed by atoms with Crippen molar-refractivity contribution in [3.63, 3.8) is 0 Å². The van der Waals surface area contributed by atoms with Crippen LogP contribution in [0.1, 0.15) is 16.7 Å². The van der Waals surface area contributed by atoms with Gasteiger partial charge in [0.25, 0.3) is 15.6 Å². The van der Waals surface area contributed by atoms with Crippen LogP contribution >= 0.6 is 0 Å². The van der Waals surface area contributed by atoms with E-state index in [-0.39, 0.29) is 22.7 Å². The summed E-state index contributed by atoms with van der Waals surface area (Å²) in [5.74, 6) is 0. The molecule has 0 fully saturated rings. The summed E-state index contributed by atoms with van der Waals surface area (Å²) in [6.07, 6.45) is -12.2. The number of nitrogens with zero attached hydrogens (tertiary/aromatic N) is 2. The van der Waals surface area contributed by atoms with E-state index in [1.807, 2.05) is 0 Å². The molecule has 0 aromatic heterocycles. The highest BCUT2D eigenvalue weighted by molar-refractivity contribution is 7.92. The Morgan fingerprint density at radius 1 is 0.829 bits per heavy atom. The lowest BCUT2D eigenvalue weighted by molar-refractivity contribution is -0.376. The molecule has 5 nitrogen and oxygen atoms in total. The summed E-state index contributed by atoms with van der Waals surface area (Å²) in [4.78, 5) is -0.307. The Labute approximate surface area is 196 Å². The first kappa shape index (κ1) is 26.1. The van der Waals surface area contributed by atoms with E-state index in [0.717, 1.165) is 22.5 Å². The Bertz CT molecular complexity index is 1320. The highest BCUT2D eigenvalue weighted by Gasteiger charge is 2.71. The minimum absolute atomic E-state index is 0.0292. The van der Waals surface area contributed by atoms with Gasteiger partial charge in [0.15, 0.2) is 0 Å². The normalized spacial score (nSPS) is 12.7. The molecular formula is C23H16F6N2O3S. The van der Waals surface area contributed by atoms with Gasteiger partial charge < -0.3 is 5.11 Å². The molecule has 3 aromatic rings. The van der Waals surface area contributed by atoms with E-state index >= 15 is 0 Å². The highest BCUT2D eigenvalue weighted by Crippen LogP contribution is 2.50. The van der Waals surface area contributed by atoms with Gasteiger partial charge in [-0.1, -0.05) is 48.5 Å². The summed E-state index contributed by atoms with van der Waals surface area (Å²) < 4.78 is 107. The minimum atomic E-state index is -6.08. The van der Waals surface area contributed by atoms with Crippen molar-refractivity contribution in [1.29, 1.82) is 5.26 Å². The Morgan fingerprint density at radius 2 is 1.40 bits per heavy atom. The maximum Gasteiger partial charge on any atom is 0.430 e. The van der Waals surface area contributed by atoms with Crippen molar-refractivity contribution < 1.29 is 39.9 Å². The van der Waals surface area contributed by atoms with E-state index in [2.05, 4.69) is 0 Å². The zero-order valence-corrected chi connectivity index (χ0v) is 18.4. The first-order valence-electron chi connectivity index (χ1n) is 9.75. The third kappa shape index (κ3) is 4.96.